The Kier molecular flexibility index (Phi) is 4.50. The van der Waals surface area contributed by atoms with Crippen molar-refractivity contribution in [2.45, 2.75) is 25.0 Å². The molecule has 1 unspecified atom stereocenters. The Morgan fingerprint density at radius 3 is 3.04 bits per heavy atom. The van der Waals surface area contributed by atoms with Crippen LogP contribution in [0.5, 0.6) is 0 Å². The summed E-state index contributed by atoms with van der Waals surface area (Å²) in [6.07, 6.45) is 5.08. The molecule has 2 aromatic rings. The quantitative estimate of drug-likeness (QED) is 0.909. The van der Waals surface area contributed by atoms with Crippen molar-refractivity contribution >= 4 is 17.5 Å². The molecule has 1 saturated carbocycles. The number of morpholine rings is 1. The maximum Gasteiger partial charge on any atom is 0.255 e. The summed E-state index contributed by atoms with van der Waals surface area (Å²) in [6.45, 7) is 1.19. The van der Waals surface area contributed by atoms with Crippen molar-refractivity contribution in [3.63, 3.8) is 0 Å². The molecule has 2 heterocycles. The lowest BCUT2D eigenvalue weighted by Gasteiger charge is -2.37. The molecule has 132 valence electrons. The largest absolute Gasteiger partial charge is 0.396 e. The number of carbonyl (C=O) groups excluding carboxylic acids is 1. The van der Waals surface area contributed by atoms with Gasteiger partial charge < -0.3 is 14.7 Å². The van der Waals surface area contributed by atoms with Gasteiger partial charge in [-0.1, -0.05) is 11.6 Å². The van der Waals surface area contributed by atoms with Gasteiger partial charge in [-0.2, -0.15) is 5.10 Å². The molecule has 2 fully saturated rings. The summed E-state index contributed by atoms with van der Waals surface area (Å²) < 4.78 is 7.51. The molecule has 25 heavy (non-hydrogen) atoms. The first-order chi connectivity index (χ1) is 12.2. The Balaban J connectivity index is 1.63. The molecule has 1 aromatic carbocycles. The fourth-order valence-electron chi connectivity index (χ4n) is 3.85. The highest BCUT2D eigenvalue weighted by atomic mass is 35.5. The van der Waals surface area contributed by atoms with Crippen LogP contribution in [-0.2, 0) is 4.74 Å². The molecule has 0 radical (unpaired) electrons. The molecular weight excluding hydrogens is 342 g/mol. The topological polar surface area (TPSA) is 67.6 Å². The Morgan fingerprint density at radius 2 is 2.28 bits per heavy atom. The summed E-state index contributed by atoms with van der Waals surface area (Å²) in [6, 6.07) is 7.18. The number of amides is 1. The summed E-state index contributed by atoms with van der Waals surface area (Å²) in [5.41, 5.74) is 1.27. The van der Waals surface area contributed by atoms with Gasteiger partial charge >= 0.3 is 0 Å². The van der Waals surface area contributed by atoms with Crippen LogP contribution in [-0.4, -0.2) is 57.6 Å². The minimum Gasteiger partial charge on any atom is -0.396 e. The maximum atomic E-state index is 13.2. The normalized spacial score (nSPS) is 25.8. The minimum absolute atomic E-state index is 0.00262. The van der Waals surface area contributed by atoms with Gasteiger partial charge in [0.1, 0.15) is 0 Å². The van der Waals surface area contributed by atoms with E-state index in [2.05, 4.69) is 5.10 Å². The number of hydrogen-bond acceptors (Lipinski definition) is 4. The summed E-state index contributed by atoms with van der Waals surface area (Å²) in [7, 11) is 0. The minimum atomic E-state index is -0.0871. The number of aliphatic hydroxyl groups is 1. The van der Waals surface area contributed by atoms with E-state index in [1.165, 1.54) is 0 Å². The van der Waals surface area contributed by atoms with E-state index < -0.39 is 0 Å². The highest BCUT2D eigenvalue weighted by Crippen LogP contribution is 2.35. The van der Waals surface area contributed by atoms with Crippen LogP contribution in [0, 0.1) is 5.92 Å². The molecule has 0 spiro atoms. The van der Waals surface area contributed by atoms with Crippen LogP contribution < -0.4 is 0 Å². The third kappa shape index (κ3) is 3.05. The number of ether oxygens (including phenoxy) is 1. The van der Waals surface area contributed by atoms with Gasteiger partial charge in [-0.3, -0.25) is 4.79 Å². The number of halogens is 1. The maximum absolute atomic E-state index is 13.2. The number of fused-ring (bicyclic) bond motifs is 1. The van der Waals surface area contributed by atoms with E-state index in [1.54, 1.807) is 23.0 Å². The fraction of sp³-hybridized carbons (Fsp3) is 0.444. The average molecular weight is 362 g/mol. The molecule has 1 aliphatic heterocycles. The van der Waals surface area contributed by atoms with Crippen molar-refractivity contribution in [2.75, 3.05) is 19.8 Å². The van der Waals surface area contributed by atoms with Gasteiger partial charge in [0, 0.05) is 25.5 Å². The number of nitrogens with zero attached hydrogens (tertiary/aromatic N) is 3. The Morgan fingerprint density at radius 1 is 1.40 bits per heavy atom. The van der Waals surface area contributed by atoms with Gasteiger partial charge in [0.15, 0.2) is 0 Å². The molecule has 1 aromatic heterocycles. The van der Waals surface area contributed by atoms with Gasteiger partial charge in [-0.25, -0.2) is 4.68 Å². The number of hydrogen-bond donors (Lipinski definition) is 1. The zero-order chi connectivity index (χ0) is 17.4. The molecule has 2 aliphatic rings. The molecule has 1 N–H and O–H groups in total. The van der Waals surface area contributed by atoms with Crippen molar-refractivity contribution in [1.82, 2.24) is 14.7 Å². The third-order valence-electron chi connectivity index (χ3n) is 5.10. The molecule has 4 rings (SSSR count). The van der Waals surface area contributed by atoms with Crippen molar-refractivity contribution in [3.8, 4) is 5.69 Å². The first-order valence-electron chi connectivity index (χ1n) is 8.50. The molecule has 1 aliphatic carbocycles. The van der Waals surface area contributed by atoms with Gasteiger partial charge in [0.05, 0.1) is 35.0 Å². The highest BCUT2D eigenvalue weighted by molar-refractivity contribution is 6.33. The van der Waals surface area contributed by atoms with Crippen molar-refractivity contribution < 1.29 is 14.6 Å². The van der Waals surface area contributed by atoms with Crippen molar-refractivity contribution in [1.29, 1.82) is 0 Å². The first-order valence-corrected chi connectivity index (χ1v) is 8.88. The predicted octanol–water partition coefficient (Wildman–Crippen LogP) is 2.14. The zero-order valence-corrected chi connectivity index (χ0v) is 14.5. The lowest BCUT2D eigenvalue weighted by atomic mass is 10.1. The first kappa shape index (κ1) is 16.6. The van der Waals surface area contributed by atoms with E-state index in [9.17, 15) is 9.90 Å². The van der Waals surface area contributed by atoms with E-state index in [1.807, 2.05) is 23.2 Å². The Hall–Kier alpha value is -1.89. The van der Waals surface area contributed by atoms with E-state index >= 15 is 0 Å². The smallest absolute Gasteiger partial charge is 0.255 e. The van der Waals surface area contributed by atoms with Crippen molar-refractivity contribution in [2.24, 2.45) is 5.92 Å². The van der Waals surface area contributed by atoms with Crippen LogP contribution in [0.15, 0.2) is 36.7 Å². The summed E-state index contributed by atoms with van der Waals surface area (Å²) in [4.78, 5) is 15.0. The second-order valence-electron chi connectivity index (χ2n) is 6.61. The predicted molar refractivity (Wildman–Crippen MR) is 92.9 cm³/mol. The molecule has 1 amide bonds. The number of aliphatic hydroxyl groups excluding tert-OH is 1. The molecule has 3 atom stereocenters. The van der Waals surface area contributed by atoms with Crippen LogP contribution in [0.3, 0.4) is 0 Å². The molecule has 6 nitrogen and oxygen atoms in total. The lowest BCUT2D eigenvalue weighted by Crippen LogP contribution is -2.51. The Labute approximate surface area is 151 Å². The Bertz CT molecular complexity index is 765. The van der Waals surface area contributed by atoms with Crippen molar-refractivity contribution in [3.05, 3.63) is 47.2 Å². The number of aromatic nitrogens is 2. The molecular formula is C18H20ClN3O3. The summed E-state index contributed by atoms with van der Waals surface area (Å²) in [5.74, 6) is 0.102. The SMILES string of the molecule is O=C(c1cc(-n2cccn2)ccc1Cl)N1CCOC2C[C@H](CO)C[C@@H]21. The average Bonchev–Trinajstić information content (AvgIpc) is 3.30. The number of benzene rings is 1. The van der Waals surface area contributed by atoms with E-state index in [0.29, 0.717) is 23.7 Å². The second-order valence-corrected chi connectivity index (χ2v) is 7.02. The van der Waals surface area contributed by atoms with Gasteiger partial charge in [-0.05, 0) is 43.0 Å². The number of carbonyl (C=O) groups is 1. The third-order valence-corrected chi connectivity index (χ3v) is 5.43. The van der Waals surface area contributed by atoms with E-state index in [0.717, 1.165) is 18.5 Å². The van der Waals surface area contributed by atoms with Crippen LogP contribution >= 0.6 is 11.6 Å². The monoisotopic (exact) mass is 361 g/mol. The molecule has 1 saturated heterocycles. The van der Waals surface area contributed by atoms with Crippen LogP contribution in [0.25, 0.3) is 5.69 Å². The highest BCUT2D eigenvalue weighted by Gasteiger charge is 2.43. The second kappa shape index (κ2) is 6.78. The molecule has 7 heteroatoms. The standard InChI is InChI=1S/C18H20ClN3O3/c19-15-3-2-13(22-5-1-4-20-22)10-14(15)18(24)21-6-7-25-17-9-12(11-23)8-16(17)21/h1-5,10,12,16-17,23H,6-9,11H2/t12-,16+,17?/m1/s1. The zero-order valence-electron chi connectivity index (χ0n) is 13.7. The van der Waals surface area contributed by atoms with Gasteiger partial charge in [0.25, 0.3) is 5.91 Å². The van der Waals surface area contributed by atoms with E-state index in [-0.39, 0.29) is 30.6 Å². The fourth-order valence-corrected chi connectivity index (χ4v) is 4.05. The van der Waals surface area contributed by atoms with Gasteiger partial charge in [0.2, 0.25) is 0 Å². The van der Waals surface area contributed by atoms with Crippen LogP contribution in [0.1, 0.15) is 23.2 Å². The molecule has 0 bridgehead atoms. The van der Waals surface area contributed by atoms with Gasteiger partial charge in [-0.15, -0.1) is 0 Å². The van der Waals surface area contributed by atoms with Crippen LogP contribution in [0.2, 0.25) is 5.02 Å². The van der Waals surface area contributed by atoms with Crippen LogP contribution in [0.4, 0.5) is 0 Å². The van der Waals surface area contributed by atoms with E-state index in [4.69, 9.17) is 16.3 Å². The lowest BCUT2D eigenvalue weighted by molar-refractivity contribution is -0.0448. The number of rotatable bonds is 3. The summed E-state index contributed by atoms with van der Waals surface area (Å²) >= 11 is 6.32. The summed E-state index contributed by atoms with van der Waals surface area (Å²) in [5, 5.41) is 14.1.